The minimum Gasteiger partial charge on any atom is -0.461 e. The summed E-state index contributed by atoms with van der Waals surface area (Å²) in [5, 5.41) is 9.31. The summed E-state index contributed by atoms with van der Waals surface area (Å²) in [6, 6.07) is 12.5. The van der Waals surface area contributed by atoms with Crippen molar-refractivity contribution in [3.8, 4) is 23.3 Å². The molecule has 11 heteroatoms. The molecule has 2 aromatic carbocycles. The van der Waals surface area contributed by atoms with E-state index < -0.39 is 17.7 Å². The van der Waals surface area contributed by atoms with Crippen molar-refractivity contribution in [3.63, 3.8) is 0 Å². The van der Waals surface area contributed by atoms with E-state index in [1.54, 1.807) is 41.1 Å². The van der Waals surface area contributed by atoms with Crippen LogP contribution >= 0.6 is 0 Å². The van der Waals surface area contributed by atoms with Gasteiger partial charge in [0.05, 0.1) is 24.2 Å². The van der Waals surface area contributed by atoms with Gasteiger partial charge in [0.1, 0.15) is 18.2 Å². The molecule has 9 nitrogen and oxygen atoms in total. The highest BCUT2D eigenvalue weighted by atomic mass is 19.1. The van der Waals surface area contributed by atoms with Crippen molar-refractivity contribution >= 4 is 17.4 Å². The molecule has 0 aliphatic carbocycles. The molecular weight excluding hydrogens is 448 g/mol. The van der Waals surface area contributed by atoms with Crippen LogP contribution in [0, 0.1) is 11.6 Å². The van der Waals surface area contributed by atoms with E-state index >= 15 is 0 Å². The van der Waals surface area contributed by atoms with E-state index in [0.717, 1.165) is 12.1 Å². The Bertz CT molecular complexity index is 1240. The summed E-state index contributed by atoms with van der Waals surface area (Å²) in [5.41, 5.74) is 0.934. The van der Waals surface area contributed by atoms with E-state index in [2.05, 4.69) is 20.7 Å². The number of anilines is 2. The second kappa shape index (κ2) is 10.6. The predicted octanol–water partition coefficient (Wildman–Crippen LogP) is 4.86. The van der Waals surface area contributed by atoms with Crippen LogP contribution in [-0.2, 0) is 4.74 Å². The molecule has 0 saturated heterocycles. The molecule has 0 aliphatic rings. The van der Waals surface area contributed by atoms with Gasteiger partial charge < -0.3 is 24.5 Å². The number of hydrogen-bond donors (Lipinski definition) is 2. The molecule has 2 heterocycles. The molecule has 0 fully saturated rings. The van der Waals surface area contributed by atoms with Gasteiger partial charge in [0.15, 0.2) is 5.76 Å². The third-order valence-corrected chi connectivity index (χ3v) is 4.54. The van der Waals surface area contributed by atoms with E-state index in [9.17, 15) is 13.6 Å². The second-order valence-corrected chi connectivity index (χ2v) is 6.90. The summed E-state index contributed by atoms with van der Waals surface area (Å²) in [5.74, 6) is -0.679. The molecule has 4 rings (SSSR count). The van der Waals surface area contributed by atoms with Crippen LogP contribution in [0.1, 0.15) is 6.92 Å². The monoisotopic (exact) mass is 469 g/mol. The quantitative estimate of drug-likeness (QED) is 0.339. The molecule has 2 N–H and O–H groups in total. The fraction of sp³-hybridized carbons (Fsp3) is 0.174. The summed E-state index contributed by atoms with van der Waals surface area (Å²) in [6.07, 6.45) is 1.53. The predicted molar refractivity (Wildman–Crippen MR) is 120 cm³/mol. The standard InChI is InChI=1S/C23H21F2N5O4/c1-2-32-12-13-34-23-28-21(20-4-3-11-33-20)30(29-23)17-8-6-16(7-9-17)26-22(31)27-19-10-5-15(24)14-18(19)25/h3-11,14H,2,12-13H2,1H3,(H2,26,27,31). The van der Waals surface area contributed by atoms with Gasteiger partial charge in [-0.3, -0.25) is 0 Å². The molecule has 176 valence electrons. The van der Waals surface area contributed by atoms with Crippen LogP contribution in [0.2, 0.25) is 0 Å². The van der Waals surface area contributed by atoms with Crippen LogP contribution in [0.3, 0.4) is 0 Å². The SMILES string of the molecule is CCOCCOc1nc(-c2ccco2)n(-c2ccc(NC(=O)Nc3ccc(F)cc3F)cc2)n1. The number of ether oxygens (including phenoxy) is 2. The van der Waals surface area contributed by atoms with Gasteiger partial charge >= 0.3 is 12.0 Å². The van der Waals surface area contributed by atoms with Crippen LogP contribution in [0.4, 0.5) is 25.0 Å². The highest BCUT2D eigenvalue weighted by molar-refractivity contribution is 5.99. The zero-order chi connectivity index (χ0) is 23.9. The van der Waals surface area contributed by atoms with E-state index in [1.807, 2.05) is 6.92 Å². The first-order valence-corrected chi connectivity index (χ1v) is 10.4. The Morgan fingerprint density at radius 1 is 1.09 bits per heavy atom. The lowest BCUT2D eigenvalue weighted by molar-refractivity contribution is 0.106. The lowest BCUT2D eigenvalue weighted by Gasteiger charge is -2.09. The van der Waals surface area contributed by atoms with Crippen LogP contribution in [-0.4, -0.2) is 40.6 Å². The van der Waals surface area contributed by atoms with E-state index in [-0.39, 0.29) is 11.7 Å². The fourth-order valence-electron chi connectivity index (χ4n) is 3.00. The first kappa shape index (κ1) is 22.9. The Morgan fingerprint density at radius 2 is 1.91 bits per heavy atom. The lowest BCUT2D eigenvalue weighted by Crippen LogP contribution is -2.20. The molecule has 2 amide bonds. The van der Waals surface area contributed by atoms with Gasteiger partial charge in [0.25, 0.3) is 0 Å². The number of nitrogens with one attached hydrogen (secondary N) is 2. The average molecular weight is 469 g/mol. The van der Waals surface area contributed by atoms with Crippen molar-refractivity contribution in [2.24, 2.45) is 0 Å². The number of hydrogen-bond acceptors (Lipinski definition) is 6. The highest BCUT2D eigenvalue weighted by Crippen LogP contribution is 2.25. The van der Waals surface area contributed by atoms with Crippen molar-refractivity contribution in [1.82, 2.24) is 14.8 Å². The summed E-state index contributed by atoms with van der Waals surface area (Å²) < 4.78 is 44.6. The number of rotatable bonds is 9. The van der Waals surface area contributed by atoms with Crippen LogP contribution < -0.4 is 15.4 Å². The number of urea groups is 1. The zero-order valence-electron chi connectivity index (χ0n) is 18.1. The highest BCUT2D eigenvalue weighted by Gasteiger charge is 2.17. The van der Waals surface area contributed by atoms with Crippen molar-refractivity contribution in [1.29, 1.82) is 0 Å². The molecular formula is C23H21F2N5O4. The third kappa shape index (κ3) is 5.56. The summed E-state index contributed by atoms with van der Waals surface area (Å²) in [4.78, 5) is 16.6. The van der Waals surface area contributed by atoms with E-state index in [4.69, 9.17) is 13.9 Å². The molecule has 0 atom stereocenters. The number of aromatic nitrogens is 3. The number of carbonyl (C=O) groups is 1. The smallest absolute Gasteiger partial charge is 0.336 e. The molecule has 0 unspecified atom stereocenters. The number of furan rings is 1. The minimum absolute atomic E-state index is 0.141. The van der Waals surface area contributed by atoms with Crippen molar-refractivity contribution in [3.05, 3.63) is 72.5 Å². The van der Waals surface area contributed by atoms with E-state index in [1.165, 1.54) is 6.26 Å². The molecule has 0 spiro atoms. The largest absolute Gasteiger partial charge is 0.461 e. The third-order valence-electron chi connectivity index (χ3n) is 4.54. The minimum atomic E-state index is -0.874. The maximum atomic E-state index is 13.7. The summed E-state index contributed by atoms with van der Waals surface area (Å²) in [7, 11) is 0. The summed E-state index contributed by atoms with van der Waals surface area (Å²) in [6.45, 7) is 3.18. The first-order chi connectivity index (χ1) is 16.5. The Kier molecular flexibility index (Phi) is 7.13. The molecule has 34 heavy (non-hydrogen) atoms. The van der Waals surface area contributed by atoms with Crippen molar-refractivity contribution in [2.75, 3.05) is 30.5 Å². The van der Waals surface area contributed by atoms with Gasteiger partial charge in [-0.2, -0.15) is 4.98 Å². The molecule has 0 saturated carbocycles. The lowest BCUT2D eigenvalue weighted by atomic mass is 10.2. The Labute approximate surface area is 193 Å². The van der Waals surface area contributed by atoms with Gasteiger partial charge in [-0.05, 0) is 55.5 Å². The Hall–Kier alpha value is -4.25. The molecule has 2 aromatic heterocycles. The zero-order valence-corrected chi connectivity index (χ0v) is 18.1. The fourth-order valence-corrected chi connectivity index (χ4v) is 3.00. The van der Waals surface area contributed by atoms with Crippen molar-refractivity contribution in [2.45, 2.75) is 6.92 Å². The number of halogens is 2. The van der Waals surface area contributed by atoms with Gasteiger partial charge in [-0.1, -0.05) is 0 Å². The molecule has 4 aromatic rings. The molecule has 0 radical (unpaired) electrons. The van der Waals surface area contributed by atoms with Crippen LogP contribution in [0.15, 0.2) is 65.3 Å². The van der Waals surface area contributed by atoms with Gasteiger partial charge in [0, 0.05) is 18.4 Å². The van der Waals surface area contributed by atoms with Crippen LogP contribution in [0.25, 0.3) is 17.3 Å². The number of carbonyl (C=O) groups excluding carboxylic acids is 1. The van der Waals surface area contributed by atoms with Gasteiger partial charge in [-0.25, -0.2) is 18.3 Å². The van der Waals surface area contributed by atoms with Gasteiger partial charge in [0.2, 0.25) is 5.82 Å². The topological polar surface area (TPSA) is 103 Å². The summed E-state index contributed by atoms with van der Waals surface area (Å²) >= 11 is 0. The van der Waals surface area contributed by atoms with E-state index in [0.29, 0.717) is 48.8 Å². The molecule has 0 bridgehead atoms. The second-order valence-electron chi connectivity index (χ2n) is 6.90. The normalized spacial score (nSPS) is 10.8. The Balaban J connectivity index is 1.48. The maximum Gasteiger partial charge on any atom is 0.336 e. The average Bonchev–Trinajstić information content (AvgIpc) is 3.49. The molecule has 0 aliphatic heterocycles. The Morgan fingerprint density at radius 3 is 2.62 bits per heavy atom. The first-order valence-electron chi connectivity index (χ1n) is 10.4. The van der Waals surface area contributed by atoms with Crippen molar-refractivity contribution < 1.29 is 27.5 Å². The number of nitrogens with zero attached hydrogens (tertiary/aromatic N) is 3. The van der Waals surface area contributed by atoms with Crippen LogP contribution in [0.5, 0.6) is 6.01 Å². The number of benzene rings is 2. The number of amides is 2. The van der Waals surface area contributed by atoms with Gasteiger partial charge in [-0.15, -0.1) is 5.10 Å². The maximum absolute atomic E-state index is 13.7.